The first kappa shape index (κ1) is 8.29. The van der Waals surface area contributed by atoms with Gasteiger partial charge in [-0.1, -0.05) is 5.16 Å². The summed E-state index contributed by atoms with van der Waals surface area (Å²) in [6, 6.07) is 0. The number of carbonyl (C=O) groups excluding carboxylic acids is 1. The van der Waals surface area contributed by atoms with Crippen LogP contribution in [0.3, 0.4) is 0 Å². The molecule has 1 amide bonds. The van der Waals surface area contributed by atoms with Crippen LogP contribution in [-0.2, 0) is 10.2 Å². The van der Waals surface area contributed by atoms with E-state index in [4.69, 9.17) is 10.3 Å². The fourth-order valence-electron chi connectivity index (χ4n) is 1.91. The molecule has 13 heavy (non-hydrogen) atoms. The second kappa shape index (κ2) is 2.34. The van der Waals surface area contributed by atoms with Gasteiger partial charge in [-0.05, 0) is 26.7 Å². The third-order valence-electron chi connectivity index (χ3n) is 2.73. The van der Waals surface area contributed by atoms with E-state index in [2.05, 4.69) is 5.16 Å². The van der Waals surface area contributed by atoms with E-state index in [0.717, 1.165) is 24.1 Å². The Morgan fingerprint density at radius 1 is 1.54 bits per heavy atom. The molecule has 2 N–H and O–H groups in total. The van der Waals surface area contributed by atoms with Crippen LogP contribution in [0.5, 0.6) is 0 Å². The monoisotopic (exact) mass is 180 g/mol. The molecule has 0 unspecified atom stereocenters. The fraction of sp³-hybridized carbons (Fsp3) is 0.556. The van der Waals surface area contributed by atoms with Gasteiger partial charge in [-0.3, -0.25) is 4.79 Å². The van der Waals surface area contributed by atoms with Crippen LogP contribution in [0, 0.1) is 13.8 Å². The van der Waals surface area contributed by atoms with Crippen molar-refractivity contribution in [3.63, 3.8) is 0 Å². The van der Waals surface area contributed by atoms with Gasteiger partial charge in [0.15, 0.2) is 0 Å². The van der Waals surface area contributed by atoms with Crippen LogP contribution >= 0.6 is 0 Å². The standard InChI is InChI=1S/C9H12N2O2/c1-5-7(6(2)13-11-5)9(3-4-9)8(10)12/h3-4H2,1-2H3,(H2,10,12). The van der Waals surface area contributed by atoms with Crippen LogP contribution < -0.4 is 5.73 Å². The quantitative estimate of drug-likeness (QED) is 0.732. The van der Waals surface area contributed by atoms with Crippen molar-refractivity contribution >= 4 is 5.91 Å². The van der Waals surface area contributed by atoms with Gasteiger partial charge in [-0.15, -0.1) is 0 Å². The number of amides is 1. The minimum Gasteiger partial charge on any atom is -0.369 e. The number of nitrogens with two attached hydrogens (primary N) is 1. The van der Waals surface area contributed by atoms with Crippen molar-refractivity contribution in [3.05, 3.63) is 17.0 Å². The molecule has 0 atom stereocenters. The Balaban J connectivity index is 2.51. The first-order valence-corrected chi connectivity index (χ1v) is 4.31. The summed E-state index contributed by atoms with van der Waals surface area (Å²) in [6.07, 6.45) is 1.65. The largest absolute Gasteiger partial charge is 0.369 e. The minimum atomic E-state index is -0.464. The molecule has 0 saturated heterocycles. The number of aromatic nitrogens is 1. The summed E-state index contributed by atoms with van der Waals surface area (Å²) in [7, 11) is 0. The molecule has 1 aromatic heterocycles. The molecule has 1 aliphatic carbocycles. The van der Waals surface area contributed by atoms with Gasteiger partial charge in [0.05, 0.1) is 11.1 Å². The van der Waals surface area contributed by atoms with Gasteiger partial charge in [-0.25, -0.2) is 0 Å². The van der Waals surface area contributed by atoms with Crippen molar-refractivity contribution in [1.82, 2.24) is 5.16 Å². The maximum Gasteiger partial charge on any atom is 0.228 e. The molecule has 0 radical (unpaired) electrons. The van der Waals surface area contributed by atoms with Crippen molar-refractivity contribution in [3.8, 4) is 0 Å². The predicted octanol–water partition coefficient (Wildman–Crippen LogP) is 0.808. The highest BCUT2D eigenvalue weighted by Gasteiger charge is 2.53. The Kier molecular flexibility index (Phi) is 1.49. The Morgan fingerprint density at radius 3 is 2.46 bits per heavy atom. The molecular weight excluding hydrogens is 168 g/mol. The Hall–Kier alpha value is -1.32. The lowest BCUT2D eigenvalue weighted by Crippen LogP contribution is -2.29. The number of rotatable bonds is 2. The van der Waals surface area contributed by atoms with Crippen LogP contribution in [0.25, 0.3) is 0 Å². The summed E-state index contributed by atoms with van der Waals surface area (Å²) in [4.78, 5) is 11.2. The lowest BCUT2D eigenvalue weighted by molar-refractivity contribution is -0.120. The first-order valence-electron chi connectivity index (χ1n) is 4.31. The Labute approximate surface area is 76.1 Å². The molecule has 2 rings (SSSR count). The molecule has 4 heteroatoms. The highest BCUT2D eigenvalue weighted by molar-refractivity contribution is 5.90. The molecule has 1 aliphatic rings. The Morgan fingerprint density at radius 2 is 2.15 bits per heavy atom. The third kappa shape index (κ3) is 0.978. The van der Waals surface area contributed by atoms with E-state index >= 15 is 0 Å². The zero-order valence-electron chi connectivity index (χ0n) is 7.76. The van der Waals surface area contributed by atoms with Gasteiger partial charge >= 0.3 is 0 Å². The minimum absolute atomic E-state index is 0.262. The van der Waals surface area contributed by atoms with Crippen molar-refractivity contribution < 1.29 is 9.32 Å². The number of carbonyl (C=O) groups is 1. The highest BCUT2D eigenvalue weighted by atomic mass is 16.5. The van der Waals surface area contributed by atoms with Crippen LogP contribution in [0.4, 0.5) is 0 Å². The van der Waals surface area contributed by atoms with E-state index in [1.807, 2.05) is 13.8 Å². The average molecular weight is 180 g/mol. The van der Waals surface area contributed by atoms with Gasteiger partial charge in [0.2, 0.25) is 5.91 Å². The van der Waals surface area contributed by atoms with E-state index in [0.29, 0.717) is 5.76 Å². The zero-order valence-corrected chi connectivity index (χ0v) is 7.76. The molecular formula is C9H12N2O2. The highest BCUT2D eigenvalue weighted by Crippen LogP contribution is 2.50. The molecule has 70 valence electrons. The first-order chi connectivity index (χ1) is 6.08. The lowest BCUT2D eigenvalue weighted by atomic mass is 9.94. The summed E-state index contributed by atoms with van der Waals surface area (Å²) >= 11 is 0. The van der Waals surface area contributed by atoms with Gasteiger partial charge in [0.25, 0.3) is 0 Å². The molecule has 0 spiro atoms. The van der Waals surface area contributed by atoms with Gasteiger partial charge in [-0.2, -0.15) is 0 Å². The number of nitrogens with zero attached hydrogens (tertiary/aromatic N) is 1. The smallest absolute Gasteiger partial charge is 0.228 e. The molecule has 1 aromatic rings. The van der Waals surface area contributed by atoms with Gasteiger partial charge < -0.3 is 10.3 Å². The molecule has 1 heterocycles. The summed E-state index contributed by atoms with van der Waals surface area (Å²) in [6.45, 7) is 3.66. The molecule has 1 fully saturated rings. The molecule has 1 saturated carbocycles. The number of primary amides is 1. The predicted molar refractivity (Wildman–Crippen MR) is 46.1 cm³/mol. The maximum atomic E-state index is 11.2. The van der Waals surface area contributed by atoms with Crippen molar-refractivity contribution in [2.75, 3.05) is 0 Å². The average Bonchev–Trinajstić information content (AvgIpc) is 2.77. The second-order valence-corrected chi connectivity index (χ2v) is 3.65. The summed E-state index contributed by atoms with van der Waals surface area (Å²) in [5, 5.41) is 3.82. The summed E-state index contributed by atoms with van der Waals surface area (Å²) in [5.74, 6) is 0.454. The fourth-order valence-corrected chi connectivity index (χ4v) is 1.91. The van der Waals surface area contributed by atoms with E-state index < -0.39 is 5.41 Å². The molecule has 4 nitrogen and oxygen atoms in total. The van der Waals surface area contributed by atoms with Gasteiger partial charge in [0, 0.05) is 5.56 Å². The van der Waals surface area contributed by atoms with E-state index in [-0.39, 0.29) is 5.91 Å². The zero-order chi connectivity index (χ0) is 9.64. The third-order valence-corrected chi connectivity index (χ3v) is 2.73. The maximum absolute atomic E-state index is 11.2. The Bertz CT molecular complexity index is 344. The van der Waals surface area contributed by atoms with Crippen LogP contribution in [-0.4, -0.2) is 11.1 Å². The van der Waals surface area contributed by atoms with Crippen molar-refractivity contribution in [2.45, 2.75) is 32.1 Å². The number of hydrogen-bond donors (Lipinski definition) is 1. The summed E-state index contributed by atoms with van der Waals surface area (Å²) in [5.41, 5.74) is 6.58. The van der Waals surface area contributed by atoms with E-state index in [1.54, 1.807) is 0 Å². The number of hydrogen-bond acceptors (Lipinski definition) is 3. The van der Waals surface area contributed by atoms with Crippen LogP contribution in [0.1, 0.15) is 29.9 Å². The molecule has 0 aromatic carbocycles. The molecule has 0 bridgehead atoms. The SMILES string of the molecule is Cc1noc(C)c1C1(C(N)=O)CC1. The molecule has 0 aliphatic heterocycles. The van der Waals surface area contributed by atoms with E-state index in [9.17, 15) is 4.79 Å². The topological polar surface area (TPSA) is 69.1 Å². The lowest BCUT2D eigenvalue weighted by Gasteiger charge is -2.09. The van der Waals surface area contributed by atoms with Gasteiger partial charge in [0.1, 0.15) is 5.76 Å². The number of aryl methyl sites for hydroxylation is 2. The van der Waals surface area contributed by atoms with Crippen molar-refractivity contribution in [1.29, 1.82) is 0 Å². The van der Waals surface area contributed by atoms with E-state index in [1.165, 1.54) is 0 Å². The van der Waals surface area contributed by atoms with Crippen molar-refractivity contribution in [2.24, 2.45) is 5.73 Å². The normalized spacial score (nSPS) is 18.6. The summed E-state index contributed by atoms with van der Waals surface area (Å²) < 4.78 is 5.01. The second-order valence-electron chi connectivity index (χ2n) is 3.65. The van der Waals surface area contributed by atoms with Crippen LogP contribution in [0.15, 0.2) is 4.52 Å². The van der Waals surface area contributed by atoms with Crippen LogP contribution in [0.2, 0.25) is 0 Å².